The van der Waals surface area contributed by atoms with Crippen molar-refractivity contribution in [2.45, 2.75) is 19.3 Å². The summed E-state index contributed by atoms with van der Waals surface area (Å²) in [5, 5.41) is 2.13. The van der Waals surface area contributed by atoms with E-state index in [1.165, 1.54) is 33.4 Å². The van der Waals surface area contributed by atoms with E-state index in [0.29, 0.717) is 5.82 Å². The zero-order chi connectivity index (χ0) is 43.5. The lowest BCUT2D eigenvalue weighted by molar-refractivity contribution is 0.660. The number of hydrogen-bond donors (Lipinski definition) is 0. The van der Waals surface area contributed by atoms with Crippen LogP contribution in [0, 0.1) is 0 Å². The number of nitrogens with zero attached hydrogens (tertiary/aromatic N) is 4. The van der Waals surface area contributed by atoms with Gasteiger partial charge in [-0.05, 0) is 105 Å². The molecular formula is C61H44N4. The van der Waals surface area contributed by atoms with E-state index < -0.39 is 0 Å². The van der Waals surface area contributed by atoms with Gasteiger partial charge in [0.05, 0.1) is 16.6 Å². The largest absolute Gasteiger partial charge is 0.310 e. The van der Waals surface area contributed by atoms with Crippen LogP contribution < -0.4 is 4.90 Å². The summed E-state index contributed by atoms with van der Waals surface area (Å²) in [5.41, 5.74) is 19.1. The SMILES string of the molecule is CC1(C)c2ccccc2-c2ccc(N(c3ccc(-c4ccc5c(c4)c4c(-c6ccccc6)nc(-c6ccccc6)nc4n5-c4ccccc4)cc3)c3cccc(-c4ccccc4)c3)cc21. The van der Waals surface area contributed by atoms with Crippen molar-refractivity contribution in [2.24, 2.45) is 0 Å². The fourth-order valence-corrected chi connectivity index (χ4v) is 9.98. The Hall–Kier alpha value is -8.34. The van der Waals surface area contributed by atoms with Gasteiger partial charge in [-0.3, -0.25) is 4.57 Å². The van der Waals surface area contributed by atoms with Gasteiger partial charge in [0.25, 0.3) is 0 Å². The monoisotopic (exact) mass is 832 g/mol. The lowest BCUT2D eigenvalue weighted by atomic mass is 9.82. The topological polar surface area (TPSA) is 34.0 Å². The Morgan fingerprint density at radius 1 is 0.400 bits per heavy atom. The molecular weight excluding hydrogens is 789 g/mol. The Bertz CT molecular complexity index is 3540. The van der Waals surface area contributed by atoms with Gasteiger partial charge in [-0.2, -0.15) is 0 Å². The molecule has 2 aromatic heterocycles. The minimum atomic E-state index is -0.125. The van der Waals surface area contributed by atoms with E-state index in [-0.39, 0.29) is 5.41 Å². The van der Waals surface area contributed by atoms with Crippen molar-refractivity contribution in [1.29, 1.82) is 0 Å². The van der Waals surface area contributed by atoms with Gasteiger partial charge in [-0.25, -0.2) is 9.97 Å². The molecule has 1 aliphatic carbocycles. The second-order valence-corrected chi connectivity index (χ2v) is 17.4. The molecule has 0 saturated heterocycles. The minimum Gasteiger partial charge on any atom is -0.310 e. The Morgan fingerprint density at radius 2 is 0.954 bits per heavy atom. The lowest BCUT2D eigenvalue weighted by Gasteiger charge is -2.28. The first-order valence-electron chi connectivity index (χ1n) is 22.3. The number of rotatable bonds is 8. The first-order valence-corrected chi connectivity index (χ1v) is 22.3. The number of hydrogen-bond acceptors (Lipinski definition) is 3. The zero-order valence-corrected chi connectivity index (χ0v) is 36.2. The van der Waals surface area contributed by atoms with Crippen LogP contribution in [0.1, 0.15) is 25.0 Å². The highest BCUT2D eigenvalue weighted by atomic mass is 15.1. The number of aromatic nitrogens is 3. The van der Waals surface area contributed by atoms with Crippen LogP contribution >= 0.6 is 0 Å². The molecule has 4 nitrogen and oxygen atoms in total. The highest BCUT2D eigenvalue weighted by molar-refractivity contribution is 6.15. The molecule has 2 heterocycles. The Balaban J connectivity index is 1.01. The predicted molar refractivity (Wildman–Crippen MR) is 270 cm³/mol. The van der Waals surface area contributed by atoms with Gasteiger partial charge >= 0.3 is 0 Å². The summed E-state index contributed by atoms with van der Waals surface area (Å²) < 4.78 is 2.29. The average Bonchev–Trinajstić information content (AvgIpc) is 3.82. The van der Waals surface area contributed by atoms with E-state index in [2.05, 4.69) is 236 Å². The van der Waals surface area contributed by atoms with Gasteiger partial charge in [0.2, 0.25) is 0 Å². The lowest BCUT2D eigenvalue weighted by Crippen LogP contribution is -2.16. The fraction of sp³-hybridized carbons (Fsp3) is 0.0492. The molecule has 65 heavy (non-hydrogen) atoms. The maximum Gasteiger partial charge on any atom is 0.162 e. The van der Waals surface area contributed by atoms with Crippen LogP contribution in [0.5, 0.6) is 0 Å². The fourth-order valence-electron chi connectivity index (χ4n) is 9.98. The highest BCUT2D eigenvalue weighted by Gasteiger charge is 2.36. The second kappa shape index (κ2) is 15.5. The van der Waals surface area contributed by atoms with Gasteiger partial charge in [0.15, 0.2) is 5.82 Å². The molecule has 11 aromatic rings. The smallest absolute Gasteiger partial charge is 0.162 e. The second-order valence-electron chi connectivity index (χ2n) is 17.4. The molecule has 0 radical (unpaired) electrons. The number of benzene rings is 9. The van der Waals surface area contributed by atoms with Gasteiger partial charge in [0.1, 0.15) is 5.65 Å². The maximum atomic E-state index is 5.35. The third-order valence-corrected chi connectivity index (χ3v) is 13.2. The zero-order valence-electron chi connectivity index (χ0n) is 36.2. The predicted octanol–water partition coefficient (Wildman–Crippen LogP) is 16.0. The summed E-state index contributed by atoms with van der Waals surface area (Å²) >= 11 is 0. The van der Waals surface area contributed by atoms with E-state index in [9.17, 15) is 0 Å². The van der Waals surface area contributed by atoms with E-state index in [1.807, 2.05) is 18.2 Å². The molecule has 0 N–H and O–H groups in total. The Labute approximate surface area is 379 Å². The summed E-state index contributed by atoms with van der Waals surface area (Å²) in [5.74, 6) is 0.697. The van der Waals surface area contributed by atoms with Crippen LogP contribution in [0.2, 0.25) is 0 Å². The minimum absolute atomic E-state index is 0.125. The number of para-hydroxylation sites is 1. The van der Waals surface area contributed by atoms with E-state index >= 15 is 0 Å². The molecule has 0 spiro atoms. The molecule has 4 heteroatoms. The van der Waals surface area contributed by atoms with Crippen molar-refractivity contribution in [2.75, 3.05) is 4.90 Å². The summed E-state index contributed by atoms with van der Waals surface area (Å²) in [6.07, 6.45) is 0. The molecule has 9 aromatic carbocycles. The van der Waals surface area contributed by atoms with E-state index in [4.69, 9.17) is 9.97 Å². The molecule has 0 saturated carbocycles. The van der Waals surface area contributed by atoms with Crippen molar-refractivity contribution < 1.29 is 0 Å². The van der Waals surface area contributed by atoms with Crippen molar-refractivity contribution in [3.63, 3.8) is 0 Å². The molecule has 0 bridgehead atoms. The van der Waals surface area contributed by atoms with Gasteiger partial charge < -0.3 is 4.90 Å². The van der Waals surface area contributed by atoms with Crippen molar-refractivity contribution in [1.82, 2.24) is 14.5 Å². The number of anilines is 3. The normalized spacial score (nSPS) is 12.6. The summed E-state index contributed by atoms with van der Waals surface area (Å²) in [6, 6.07) is 82.6. The highest BCUT2D eigenvalue weighted by Crippen LogP contribution is 2.51. The van der Waals surface area contributed by atoms with Crippen LogP contribution in [0.25, 0.3) is 83.6 Å². The third-order valence-electron chi connectivity index (χ3n) is 13.2. The molecule has 0 amide bonds. The third kappa shape index (κ3) is 6.53. The standard InChI is InChI=1S/C61H44N4/c1-61(2)54-29-16-15-28-51(54)52-36-35-50(40-55(52)61)64(49-27-17-24-45(38-49)41-18-7-3-8-19-41)48-33-30-42(31-34-48)46-32-37-56-53(39-46)57-58(43-20-9-4-10-21-43)62-59(44-22-11-5-12-23-44)63-60(57)65(56)47-25-13-6-14-26-47/h3-40H,1-2H3. The van der Waals surface area contributed by atoms with E-state index in [0.717, 1.165) is 72.6 Å². The Morgan fingerprint density at radius 3 is 1.69 bits per heavy atom. The first kappa shape index (κ1) is 38.3. The van der Waals surface area contributed by atoms with Crippen molar-refractivity contribution >= 4 is 39.0 Å². The Kier molecular flexibility index (Phi) is 9.13. The molecule has 0 fully saturated rings. The molecule has 0 atom stereocenters. The molecule has 12 rings (SSSR count). The summed E-state index contributed by atoms with van der Waals surface area (Å²) in [6.45, 7) is 4.70. The maximum absolute atomic E-state index is 5.35. The average molecular weight is 833 g/mol. The van der Waals surface area contributed by atoms with Crippen LogP contribution in [0.4, 0.5) is 17.1 Å². The van der Waals surface area contributed by atoms with Crippen LogP contribution in [0.3, 0.4) is 0 Å². The molecule has 308 valence electrons. The number of fused-ring (bicyclic) bond motifs is 6. The molecule has 0 aliphatic heterocycles. The van der Waals surface area contributed by atoms with Gasteiger partial charge in [0, 0.05) is 44.7 Å². The summed E-state index contributed by atoms with van der Waals surface area (Å²) in [4.78, 5) is 13.1. The molecule has 1 aliphatic rings. The molecule has 0 unspecified atom stereocenters. The first-order chi connectivity index (χ1) is 32.0. The summed E-state index contributed by atoms with van der Waals surface area (Å²) in [7, 11) is 0. The van der Waals surface area contributed by atoms with E-state index in [1.54, 1.807) is 0 Å². The van der Waals surface area contributed by atoms with Gasteiger partial charge in [-0.15, -0.1) is 0 Å². The quantitative estimate of drug-likeness (QED) is 0.153. The van der Waals surface area contributed by atoms with Crippen LogP contribution in [-0.4, -0.2) is 14.5 Å². The van der Waals surface area contributed by atoms with Crippen LogP contribution in [-0.2, 0) is 5.41 Å². The van der Waals surface area contributed by atoms with Crippen molar-refractivity contribution in [3.05, 3.63) is 242 Å². The van der Waals surface area contributed by atoms with Crippen molar-refractivity contribution in [3.8, 4) is 61.7 Å². The van der Waals surface area contributed by atoms with Crippen LogP contribution in [0.15, 0.2) is 231 Å². The van der Waals surface area contributed by atoms with Gasteiger partial charge in [-0.1, -0.05) is 184 Å².